The molecule has 0 bridgehead atoms. The summed E-state index contributed by atoms with van der Waals surface area (Å²) in [5.74, 6) is -1.48. The van der Waals surface area contributed by atoms with Crippen LogP contribution in [0.4, 0.5) is 0 Å². The van der Waals surface area contributed by atoms with E-state index in [0.29, 0.717) is 15.6 Å². The summed E-state index contributed by atoms with van der Waals surface area (Å²) in [6.45, 7) is 0. The molecule has 3 rings (SSSR count). The van der Waals surface area contributed by atoms with Gasteiger partial charge >= 0.3 is 5.97 Å². The Morgan fingerprint density at radius 3 is 2.41 bits per heavy atom. The van der Waals surface area contributed by atoms with Gasteiger partial charge in [-0.15, -0.1) is 0 Å². The van der Waals surface area contributed by atoms with Gasteiger partial charge in [-0.25, -0.2) is 4.79 Å². The number of benzene rings is 3. The molecule has 0 unspecified atom stereocenters. The maximum atomic E-state index is 12.4. The number of halogens is 2. The minimum atomic E-state index is -1.12. The van der Waals surface area contributed by atoms with Crippen LogP contribution in [0.5, 0.6) is 0 Å². The van der Waals surface area contributed by atoms with Crippen molar-refractivity contribution >= 4 is 45.9 Å². The number of amides is 1. The molecule has 3 aromatic carbocycles. The minimum Gasteiger partial charge on any atom is -0.480 e. The van der Waals surface area contributed by atoms with E-state index in [1.807, 2.05) is 42.5 Å². The number of rotatable bonds is 6. The molecule has 4 nitrogen and oxygen atoms in total. The fourth-order valence-electron chi connectivity index (χ4n) is 2.89. The summed E-state index contributed by atoms with van der Waals surface area (Å²) in [5.41, 5.74) is 1.43. The third-order valence-electron chi connectivity index (χ3n) is 4.25. The van der Waals surface area contributed by atoms with Gasteiger partial charge in [0.05, 0.1) is 6.42 Å². The number of carboxylic acid groups (broad SMARTS) is 1. The van der Waals surface area contributed by atoms with Gasteiger partial charge in [0.1, 0.15) is 6.04 Å². The van der Waals surface area contributed by atoms with Crippen molar-refractivity contribution in [2.75, 3.05) is 0 Å². The molecular weight excluding hydrogens is 385 g/mol. The van der Waals surface area contributed by atoms with Gasteiger partial charge in [0, 0.05) is 16.5 Å². The van der Waals surface area contributed by atoms with E-state index < -0.39 is 12.0 Å². The topological polar surface area (TPSA) is 66.4 Å². The molecular formula is C21H17Cl2NO3. The summed E-state index contributed by atoms with van der Waals surface area (Å²) in [4.78, 5) is 23.9. The third-order valence-corrected chi connectivity index (χ3v) is 4.84. The van der Waals surface area contributed by atoms with Crippen LogP contribution in [0, 0.1) is 0 Å². The van der Waals surface area contributed by atoms with Gasteiger partial charge in [0.2, 0.25) is 5.91 Å². The van der Waals surface area contributed by atoms with Crippen molar-refractivity contribution < 1.29 is 14.7 Å². The van der Waals surface area contributed by atoms with Gasteiger partial charge in [0.25, 0.3) is 0 Å². The van der Waals surface area contributed by atoms with E-state index in [9.17, 15) is 14.7 Å². The number of fused-ring (bicyclic) bond motifs is 1. The molecule has 0 heterocycles. The molecule has 0 aliphatic carbocycles. The summed E-state index contributed by atoms with van der Waals surface area (Å²) >= 11 is 12.0. The standard InChI is InChI=1S/C21H17Cl2NO3/c22-17-8-7-16(18(23)12-17)11-19(21(26)27)24-20(25)10-13-5-6-14-3-1-2-4-15(14)9-13/h1-9,12,19H,10-11H2,(H,24,25)(H,26,27)/t19-/m1/s1. The Bertz CT molecular complexity index is 1000. The van der Waals surface area contributed by atoms with Gasteiger partial charge in [-0.1, -0.05) is 71.7 Å². The molecule has 0 spiro atoms. The minimum absolute atomic E-state index is 0.0782. The largest absolute Gasteiger partial charge is 0.480 e. The Kier molecular flexibility index (Phi) is 5.99. The number of hydrogen-bond donors (Lipinski definition) is 2. The van der Waals surface area contributed by atoms with E-state index in [4.69, 9.17) is 23.2 Å². The zero-order chi connectivity index (χ0) is 19.4. The molecule has 0 aliphatic rings. The fourth-order valence-corrected chi connectivity index (χ4v) is 3.37. The van der Waals surface area contributed by atoms with Gasteiger partial charge in [-0.3, -0.25) is 4.79 Å². The Morgan fingerprint density at radius 1 is 0.963 bits per heavy atom. The van der Waals surface area contributed by atoms with Gasteiger partial charge < -0.3 is 10.4 Å². The van der Waals surface area contributed by atoms with Gasteiger partial charge in [-0.05, 0) is 34.0 Å². The maximum Gasteiger partial charge on any atom is 0.326 e. The lowest BCUT2D eigenvalue weighted by molar-refractivity contribution is -0.141. The first-order valence-electron chi connectivity index (χ1n) is 8.36. The molecule has 0 saturated heterocycles. The van der Waals surface area contributed by atoms with Crippen LogP contribution in [0.25, 0.3) is 10.8 Å². The molecule has 27 heavy (non-hydrogen) atoms. The molecule has 3 aromatic rings. The van der Waals surface area contributed by atoms with E-state index >= 15 is 0 Å². The second-order valence-corrected chi connectivity index (χ2v) is 7.10. The number of carbonyl (C=O) groups excluding carboxylic acids is 1. The van der Waals surface area contributed by atoms with Crippen LogP contribution in [0.1, 0.15) is 11.1 Å². The Labute approximate surface area is 166 Å². The fraction of sp³-hybridized carbons (Fsp3) is 0.143. The Hall–Kier alpha value is -2.56. The van der Waals surface area contributed by atoms with Gasteiger partial charge in [-0.2, -0.15) is 0 Å². The van der Waals surface area contributed by atoms with E-state index in [1.54, 1.807) is 18.2 Å². The van der Waals surface area contributed by atoms with Crippen molar-refractivity contribution in [1.82, 2.24) is 5.32 Å². The predicted octanol–water partition coefficient (Wildman–Crippen LogP) is 4.50. The molecule has 0 fully saturated rings. The number of carboxylic acids is 1. The lowest BCUT2D eigenvalue weighted by Gasteiger charge is -2.16. The highest BCUT2D eigenvalue weighted by molar-refractivity contribution is 6.35. The average Bonchev–Trinajstić information content (AvgIpc) is 2.63. The molecule has 0 aromatic heterocycles. The summed E-state index contributed by atoms with van der Waals surface area (Å²) in [7, 11) is 0. The first-order valence-corrected chi connectivity index (χ1v) is 9.12. The van der Waals surface area contributed by atoms with Crippen molar-refractivity contribution in [2.24, 2.45) is 0 Å². The molecule has 2 N–H and O–H groups in total. The number of aliphatic carboxylic acids is 1. The number of nitrogens with one attached hydrogen (secondary N) is 1. The van der Waals surface area contributed by atoms with Crippen LogP contribution < -0.4 is 5.32 Å². The summed E-state index contributed by atoms with van der Waals surface area (Å²) in [6, 6.07) is 17.4. The summed E-state index contributed by atoms with van der Waals surface area (Å²) < 4.78 is 0. The molecule has 138 valence electrons. The van der Waals surface area contributed by atoms with E-state index in [-0.39, 0.29) is 18.7 Å². The van der Waals surface area contributed by atoms with Crippen LogP contribution >= 0.6 is 23.2 Å². The first-order chi connectivity index (χ1) is 12.9. The predicted molar refractivity (Wildman–Crippen MR) is 107 cm³/mol. The zero-order valence-corrected chi connectivity index (χ0v) is 15.8. The second-order valence-electron chi connectivity index (χ2n) is 6.26. The molecule has 0 aliphatic heterocycles. The second kappa shape index (κ2) is 8.42. The van der Waals surface area contributed by atoms with Crippen molar-refractivity contribution in [2.45, 2.75) is 18.9 Å². The third kappa shape index (κ3) is 5.00. The lowest BCUT2D eigenvalue weighted by atomic mass is 10.0. The van der Waals surface area contributed by atoms with Crippen LogP contribution in [-0.2, 0) is 22.4 Å². The highest BCUT2D eigenvalue weighted by Gasteiger charge is 2.21. The number of hydrogen-bond acceptors (Lipinski definition) is 2. The van der Waals surface area contributed by atoms with Gasteiger partial charge in [0.15, 0.2) is 0 Å². The monoisotopic (exact) mass is 401 g/mol. The summed E-state index contributed by atoms with van der Waals surface area (Å²) in [6.07, 6.45) is 0.178. The molecule has 0 radical (unpaired) electrons. The molecule has 1 atom stereocenters. The Morgan fingerprint density at radius 2 is 1.70 bits per heavy atom. The average molecular weight is 402 g/mol. The van der Waals surface area contributed by atoms with Crippen molar-refractivity contribution in [1.29, 1.82) is 0 Å². The molecule has 0 saturated carbocycles. The van der Waals surface area contributed by atoms with Crippen LogP contribution in [0.3, 0.4) is 0 Å². The summed E-state index contributed by atoms with van der Waals surface area (Å²) in [5, 5.41) is 15.0. The van der Waals surface area contributed by atoms with Crippen molar-refractivity contribution in [3.05, 3.63) is 81.8 Å². The first kappa shape index (κ1) is 19.2. The van der Waals surface area contributed by atoms with Crippen LogP contribution in [0.2, 0.25) is 10.0 Å². The quantitative estimate of drug-likeness (QED) is 0.638. The molecule has 1 amide bonds. The van der Waals surface area contributed by atoms with Crippen LogP contribution in [0.15, 0.2) is 60.7 Å². The van der Waals surface area contributed by atoms with E-state index in [1.165, 1.54) is 0 Å². The lowest BCUT2D eigenvalue weighted by Crippen LogP contribution is -2.43. The smallest absolute Gasteiger partial charge is 0.326 e. The highest BCUT2D eigenvalue weighted by atomic mass is 35.5. The van der Waals surface area contributed by atoms with Crippen molar-refractivity contribution in [3.8, 4) is 0 Å². The van der Waals surface area contributed by atoms with Crippen molar-refractivity contribution in [3.63, 3.8) is 0 Å². The molecule has 6 heteroatoms. The number of carbonyl (C=O) groups is 2. The Balaban J connectivity index is 1.69. The van der Waals surface area contributed by atoms with E-state index in [0.717, 1.165) is 16.3 Å². The maximum absolute atomic E-state index is 12.4. The zero-order valence-electron chi connectivity index (χ0n) is 14.3. The SMILES string of the molecule is O=C(Cc1ccc2ccccc2c1)N[C@H](Cc1ccc(Cl)cc1Cl)C(=O)O. The van der Waals surface area contributed by atoms with E-state index in [2.05, 4.69) is 5.32 Å². The normalized spacial score (nSPS) is 11.9. The highest BCUT2D eigenvalue weighted by Crippen LogP contribution is 2.22. The van der Waals surface area contributed by atoms with Crippen LogP contribution in [-0.4, -0.2) is 23.0 Å².